The highest BCUT2D eigenvalue weighted by molar-refractivity contribution is 9.10. The minimum Gasteiger partial charge on any atom is -0.543 e. The molecule has 2 saturated heterocycles. The number of nitrogens with zero attached hydrogens (tertiary/aromatic N) is 2. The molecule has 0 aromatic heterocycles. The van der Waals surface area contributed by atoms with E-state index in [2.05, 4.69) is 28.3 Å². The standard InChI is InChI=1S/C18H24BrN3O5S/c1-11(19)15(23)20-13-16(24)21-14(18(25)26)12(10-28-17(13)21)4-3-5-22(2)6-8-27-9-7-22/h3-4,11,13,17H,5-10H2,1-2H3,(H-,20,23,25,26)/b4-3+/t11-,13-,17-/m1/s1. The maximum atomic E-state index is 12.5. The lowest BCUT2D eigenvalue weighted by molar-refractivity contribution is -0.911. The average molecular weight is 474 g/mol. The first-order valence-corrected chi connectivity index (χ1v) is 11.1. The number of carbonyl (C=O) groups is 3. The van der Waals surface area contributed by atoms with Gasteiger partial charge in [-0.3, -0.25) is 14.5 Å². The Kier molecular flexibility index (Phi) is 6.53. The molecule has 8 nitrogen and oxygen atoms in total. The van der Waals surface area contributed by atoms with Crippen LogP contribution in [0.2, 0.25) is 0 Å². The van der Waals surface area contributed by atoms with Crippen molar-refractivity contribution in [2.24, 2.45) is 0 Å². The molecule has 0 spiro atoms. The molecule has 3 aliphatic rings. The molecule has 0 aliphatic carbocycles. The molecule has 3 aliphatic heterocycles. The highest BCUT2D eigenvalue weighted by Gasteiger charge is 2.52. The summed E-state index contributed by atoms with van der Waals surface area (Å²) in [7, 11) is 2.14. The summed E-state index contributed by atoms with van der Waals surface area (Å²) in [4.78, 5) is 36.9. The van der Waals surface area contributed by atoms with E-state index < -0.39 is 28.1 Å². The molecule has 154 valence electrons. The first-order valence-electron chi connectivity index (χ1n) is 9.15. The summed E-state index contributed by atoms with van der Waals surface area (Å²) >= 11 is 4.61. The molecule has 0 aromatic carbocycles. The summed E-state index contributed by atoms with van der Waals surface area (Å²) in [5, 5.41) is 14.0. The molecule has 2 amide bonds. The van der Waals surface area contributed by atoms with Crippen molar-refractivity contribution in [3.8, 4) is 0 Å². The molecule has 3 heterocycles. The number of carboxylic acid groups (broad SMARTS) is 1. The van der Waals surface area contributed by atoms with Gasteiger partial charge in [0.05, 0.1) is 43.3 Å². The van der Waals surface area contributed by atoms with Gasteiger partial charge in [-0.1, -0.05) is 22.0 Å². The van der Waals surface area contributed by atoms with E-state index in [1.54, 1.807) is 13.0 Å². The molecular weight excluding hydrogens is 450 g/mol. The number of quaternary nitrogens is 1. The van der Waals surface area contributed by atoms with Gasteiger partial charge in [0.2, 0.25) is 5.91 Å². The van der Waals surface area contributed by atoms with E-state index in [-0.39, 0.29) is 11.6 Å². The lowest BCUT2D eigenvalue weighted by atomic mass is 10.0. The number of aliphatic carboxylic acids is 1. The second-order valence-corrected chi connectivity index (χ2v) is 9.92. The zero-order valence-electron chi connectivity index (χ0n) is 15.9. The predicted molar refractivity (Wildman–Crippen MR) is 106 cm³/mol. The highest BCUT2D eigenvalue weighted by Crippen LogP contribution is 2.40. The summed E-state index contributed by atoms with van der Waals surface area (Å²) < 4.78 is 6.23. The number of fused-ring (bicyclic) bond motifs is 1. The van der Waals surface area contributed by atoms with E-state index in [0.29, 0.717) is 11.3 Å². The van der Waals surface area contributed by atoms with Crippen molar-refractivity contribution in [2.45, 2.75) is 23.2 Å². The molecule has 0 unspecified atom stereocenters. The van der Waals surface area contributed by atoms with Crippen LogP contribution in [-0.2, 0) is 19.1 Å². The van der Waals surface area contributed by atoms with Gasteiger partial charge in [0.25, 0.3) is 5.91 Å². The van der Waals surface area contributed by atoms with Gasteiger partial charge in [-0.15, -0.1) is 11.8 Å². The van der Waals surface area contributed by atoms with E-state index in [0.717, 1.165) is 37.3 Å². The van der Waals surface area contributed by atoms with Crippen LogP contribution in [0.5, 0.6) is 0 Å². The van der Waals surface area contributed by atoms with E-state index in [4.69, 9.17) is 4.74 Å². The second-order valence-electron chi connectivity index (χ2n) is 7.44. The van der Waals surface area contributed by atoms with Gasteiger partial charge in [-0.05, 0) is 18.6 Å². The van der Waals surface area contributed by atoms with Gasteiger partial charge in [-0.2, -0.15) is 0 Å². The van der Waals surface area contributed by atoms with Crippen molar-refractivity contribution >= 4 is 45.5 Å². The summed E-state index contributed by atoms with van der Waals surface area (Å²) in [6.45, 7) is 5.68. The van der Waals surface area contributed by atoms with E-state index in [1.165, 1.54) is 16.7 Å². The van der Waals surface area contributed by atoms with Crippen LogP contribution in [0.15, 0.2) is 23.4 Å². The molecule has 0 bridgehead atoms. The number of amides is 2. The molecule has 0 aromatic rings. The third-order valence-electron chi connectivity index (χ3n) is 5.27. The number of ether oxygens (including phenoxy) is 1. The molecule has 28 heavy (non-hydrogen) atoms. The largest absolute Gasteiger partial charge is 0.543 e. The average Bonchev–Trinajstić information content (AvgIpc) is 2.65. The summed E-state index contributed by atoms with van der Waals surface area (Å²) in [5.74, 6) is -1.65. The summed E-state index contributed by atoms with van der Waals surface area (Å²) in [5.41, 5.74) is 0.472. The molecule has 0 saturated carbocycles. The molecule has 10 heteroatoms. The zero-order chi connectivity index (χ0) is 20.5. The number of hydrogen-bond acceptors (Lipinski definition) is 6. The maximum absolute atomic E-state index is 12.5. The minimum atomic E-state index is -1.37. The molecule has 3 rings (SSSR count). The Bertz CT molecular complexity index is 733. The number of carboxylic acids is 1. The summed E-state index contributed by atoms with van der Waals surface area (Å²) in [6, 6.07) is -0.713. The number of nitrogens with one attached hydrogen (secondary N) is 1. The molecule has 2 fully saturated rings. The van der Waals surface area contributed by atoms with Gasteiger partial charge >= 0.3 is 0 Å². The number of thioether (sulfide) groups is 1. The smallest absolute Gasteiger partial charge is 0.253 e. The van der Waals surface area contributed by atoms with Gasteiger partial charge in [0.1, 0.15) is 24.5 Å². The fourth-order valence-electron chi connectivity index (χ4n) is 3.44. The van der Waals surface area contributed by atoms with Crippen LogP contribution in [0.1, 0.15) is 6.92 Å². The van der Waals surface area contributed by atoms with Crippen molar-refractivity contribution in [3.05, 3.63) is 23.4 Å². The van der Waals surface area contributed by atoms with Gasteiger partial charge in [-0.25, -0.2) is 0 Å². The monoisotopic (exact) mass is 473 g/mol. The lowest BCUT2D eigenvalue weighted by Crippen LogP contribution is -2.71. The number of carbonyl (C=O) groups excluding carboxylic acids is 3. The third kappa shape index (κ3) is 4.29. The van der Waals surface area contributed by atoms with Crippen molar-refractivity contribution in [2.75, 3.05) is 45.6 Å². The quantitative estimate of drug-likeness (QED) is 0.308. The lowest BCUT2D eigenvalue weighted by Gasteiger charge is -2.50. The van der Waals surface area contributed by atoms with Crippen LogP contribution < -0.4 is 10.4 Å². The van der Waals surface area contributed by atoms with Crippen molar-refractivity contribution in [3.63, 3.8) is 0 Å². The van der Waals surface area contributed by atoms with Gasteiger partial charge in [0.15, 0.2) is 0 Å². The normalized spacial score (nSPS) is 28.0. The molecule has 1 N–H and O–H groups in total. The fraction of sp³-hybridized carbons (Fsp3) is 0.611. The maximum Gasteiger partial charge on any atom is 0.253 e. The topological polar surface area (TPSA) is 98.8 Å². The Morgan fingerprint density at radius 2 is 2.14 bits per heavy atom. The number of alkyl halides is 1. The van der Waals surface area contributed by atoms with E-state index in [9.17, 15) is 19.5 Å². The van der Waals surface area contributed by atoms with E-state index in [1.807, 2.05) is 6.08 Å². The number of morpholine rings is 1. The molecular formula is C18H24BrN3O5S. The Balaban J connectivity index is 1.72. The van der Waals surface area contributed by atoms with Crippen LogP contribution in [0.25, 0.3) is 0 Å². The second kappa shape index (κ2) is 8.56. The van der Waals surface area contributed by atoms with Gasteiger partial charge < -0.3 is 24.4 Å². The highest BCUT2D eigenvalue weighted by atomic mass is 79.9. The summed E-state index contributed by atoms with van der Waals surface area (Å²) in [6.07, 6.45) is 3.74. The van der Waals surface area contributed by atoms with Crippen molar-refractivity contribution in [1.82, 2.24) is 10.2 Å². The van der Waals surface area contributed by atoms with Gasteiger partial charge in [0, 0.05) is 5.75 Å². The Morgan fingerprint density at radius 3 is 2.75 bits per heavy atom. The first kappa shape index (κ1) is 21.4. The van der Waals surface area contributed by atoms with Crippen LogP contribution >= 0.6 is 27.7 Å². The van der Waals surface area contributed by atoms with Crippen LogP contribution in [0, 0.1) is 0 Å². The predicted octanol–water partition coefficient (Wildman–Crippen LogP) is -0.793. The number of hydrogen-bond donors (Lipinski definition) is 1. The fourth-order valence-corrected chi connectivity index (χ4v) is 4.89. The van der Waals surface area contributed by atoms with Crippen LogP contribution in [-0.4, -0.2) is 89.1 Å². The number of rotatable bonds is 6. The minimum absolute atomic E-state index is 0.0907. The molecule has 0 radical (unpaired) electrons. The van der Waals surface area contributed by atoms with Crippen LogP contribution in [0.4, 0.5) is 0 Å². The van der Waals surface area contributed by atoms with Crippen molar-refractivity contribution < 1.29 is 28.7 Å². The number of halogens is 1. The number of likely N-dealkylation sites (N-methyl/N-ethyl adjacent to an activating group) is 1. The van der Waals surface area contributed by atoms with E-state index >= 15 is 0 Å². The first-order chi connectivity index (χ1) is 13.2. The Hall–Kier alpha value is -1.36. The zero-order valence-corrected chi connectivity index (χ0v) is 18.3. The van der Waals surface area contributed by atoms with Crippen LogP contribution in [0.3, 0.4) is 0 Å². The number of allylic oxidation sites excluding steroid dienone is 1. The van der Waals surface area contributed by atoms with Crippen molar-refractivity contribution in [1.29, 1.82) is 0 Å². The number of β-lactam (4-membered cyclic amide) rings is 1. The third-order valence-corrected chi connectivity index (χ3v) is 6.98. The Labute approximate surface area is 176 Å². The SMILES string of the molecule is C[C@@H](Br)C(=O)N[C@@H]1C(=O)N2C(C(=O)[O-])=C(/C=C/C[N+]3(C)CCOCC3)CS[C@H]12. The Morgan fingerprint density at radius 1 is 1.46 bits per heavy atom. The molecule has 3 atom stereocenters.